The first-order valence-corrected chi connectivity index (χ1v) is 8.33. The van der Waals surface area contributed by atoms with Crippen molar-refractivity contribution in [2.24, 2.45) is 17.7 Å². The van der Waals surface area contributed by atoms with Crippen molar-refractivity contribution >= 4 is 0 Å². The van der Waals surface area contributed by atoms with Gasteiger partial charge in [0.1, 0.15) is 0 Å². The minimum atomic E-state index is 0.489. The van der Waals surface area contributed by atoms with Gasteiger partial charge in [0.25, 0.3) is 0 Å². The van der Waals surface area contributed by atoms with Gasteiger partial charge < -0.3 is 0 Å². The number of benzene rings is 1. The zero-order valence-electron chi connectivity index (χ0n) is 12.6. The van der Waals surface area contributed by atoms with E-state index < -0.39 is 0 Å². The lowest BCUT2D eigenvalue weighted by atomic mass is 9.76. The smallest absolute Gasteiger partial charge is 0.0247 e. The molecule has 1 saturated carbocycles. The summed E-state index contributed by atoms with van der Waals surface area (Å²) >= 11 is 0. The summed E-state index contributed by atoms with van der Waals surface area (Å²) in [6, 6.07) is 9.51. The lowest BCUT2D eigenvalue weighted by molar-refractivity contribution is 0.266. The van der Waals surface area contributed by atoms with Crippen LogP contribution in [0.25, 0.3) is 0 Å². The molecule has 4 unspecified atom stereocenters. The average molecular weight is 272 g/mol. The standard InChI is InChI=1S/C18H28N2/c1-13-6-4-11-16(13)18(20-19)12-15-9-5-8-14-7-2-3-10-17(14)15/h2-3,7,10,13,15-16,18,20H,4-6,8-9,11-12,19H2,1H3. The van der Waals surface area contributed by atoms with Crippen molar-refractivity contribution in [2.75, 3.05) is 0 Å². The van der Waals surface area contributed by atoms with Crippen LogP contribution in [0.15, 0.2) is 24.3 Å². The lowest BCUT2D eigenvalue weighted by Gasteiger charge is -2.33. The van der Waals surface area contributed by atoms with Gasteiger partial charge in [0.2, 0.25) is 0 Å². The van der Waals surface area contributed by atoms with Crippen LogP contribution in [0, 0.1) is 11.8 Å². The molecule has 2 aliphatic carbocycles. The van der Waals surface area contributed by atoms with Gasteiger partial charge >= 0.3 is 0 Å². The SMILES string of the molecule is CC1CCCC1C(CC1CCCc2ccccc21)NN. The molecule has 0 spiro atoms. The van der Waals surface area contributed by atoms with Crippen LogP contribution in [-0.2, 0) is 6.42 Å². The van der Waals surface area contributed by atoms with Crippen molar-refractivity contribution in [2.45, 2.75) is 63.8 Å². The minimum Gasteiger partial charge on any atom is -0.271 e. The molecule has 110 valence electrons. The third kappa shape index (κ3) is 2.77. The maximum atomic E-state index is 5.90. The molecular weight excluding hydrogens is 244 g/mol. The summed E-state index contributed by atoms with van der Waals surface area (Å²) in [6.07, 6.45) is 9.24. The Kier molecular flexibility index (Phi) is 4.42. The number of fused-ring (bicyclic) bond motifs is 1. The van der Waals surface area contributed by atoms with Gasteiger partial charge in [-0.2, -0.15) is 0 Å². The third-order valence-corrected chi connectivity index (χ3v) is 5.69. The maximum Gasteiger partial charge on any atom is 0.0247 e. The second-order valence-electron chi connectivity index (χ2n) is 6.87. The average Bonchev–Trinajstić information content (AvgIpc) is 2.91. The van der Waals surface area contributed by atoms with Gasteiger partial charge in [0.15, 0.2) is 0 Å². The van der Waals surface area contributed by atoms with Crippen LogP contribution < -0.4 is 11.3 Å². The second-order valence-corrected chi connectivity index (χ2v) is 6.87. The molecule has 3 N–H and O–H groups in total. The minimum absolute atomic E-state index is 0.489. The molecule has 1 aromatic carbocycles. The Morgan fingerprint density at radius 1 is 1.20 bits per heavy atom. The molecular formula is C18H28N2. The summed E-state index contributed by atoms with van der Waals surface area (Å²) in [4.78, 5) is 0. The topological polar surface area (TPSA) is 38.0 Å². The molecule has 4 atom stereocenters. The van der Waals surface area contributed by atoms with E-state index in [0.29, 0.717) is 12.0 Å². The molecule has 0 amide bonds. The molecule has 0 aromatic heterocycles. The summed E-state index contributed by atoms with van der Waals surface area (Å²) in [5.74, 6) is 8.21. The molecule has 2 nitrogen and oxygen atoms in total. The van der Waals surface area contributed by atoms with Crippen molar-refractivity contribution in [3.05, 3.63) is 35.4 Å². The number of hydrazine groups is 1. The van der Waals surface area contributed by atoms with Crippen molar-refractivity contribution in [1.82, 2.24) is 5.43 Å². The lowest BCUT2D eigenvalue weighted by Crippen LogP contribution is -2.43. The van der Waals surface area contributed by atoms with E-state index in [1.165, 1.54) is 44.9 Å². The quantitative estimate of drug-likeness (QED) is 0.647. The number of hydrogen-bond acceptors (Lipinski definition) is 2. The summed E-state index contributed by atoms with van der Waals surface area (Å²) in [7, 11) is 0. The normalized spacial score (nSPS) is 31.0. The van der Waals surface area contributed by atoms with Gasteiger partial charge in [-0.25, -0.2) is 0 Å². The first kappa shape index (κ1) is 14.1. The largest absolute Gasteiger partial charge is 0.271 e. The highest BCUT2D eigenvalue weighted by molar-refractivity contribution is 5.32. The van der Waals surface area contributed by atoms with E-state index in [1.54, 1.807) is 11.1 Å². The fourth-order valence-electron chi connectivity index (χ4n) is 4.54. The Morgan fingerprint density at radius 2 is 2.05 bits per heavy atom. The van der Waals surface area contributed by atoms with Crippen molar-refractivity contribution < 1.29 is 0 Å². The molecule has 0 bridgehead atoms. The van der Waals surface area contributed by atoms with Gasteiger partial charge in [-0.05, 0) is 61.0 Å². The molecule has 0 aliphatic heterocycles. The first-order valence-electron chi connectivity index (χ1n) is 8.33. The van der Waals surface area contributed by atoms with E-state index in [1.807, 2.05) is 0 Å². The van der Waals surface area contributed by atoms with E-state index in [9.17, 15) is 0 Å². The summed E-state index contributed by atoms with van der Waals surface area (Å²) in [5.41, 5.74) is 6.31. The van der Waals surface area contributed by atoms with E-state index in [-0.39, 0.29) is 0 Å². The van der Waals surface area contributed by atoms with E-state index in [0.717, 1.165) is 11.8 Å². The van der Waals surface area contributed by atoms with Crippen LogP contribution in [0.3, 0.4) is 0 Å². The fourth-order valence-corrected chi connectivity index (χ4v) is 4.54. The van der Waals surface area contributed by atoms with Gasteiger partial charge in [0, 0.05) is 6.04 Å². The molecule has 2 heteroatoms. The Hall–Kier alpha value is -0.860. The Bertz CT molecular complexity index is 443. The van der Waals surface area contributed by atoms with Crippen LogP contribution in [0.4, 0.5) is 0 Å². The third-order valence-electron chi connectivity index (χ3n) is 5.69. The van der Waals surface area contributed by atoms with Crippen LogP contribution in [0.1, 0.15) is 62.5 Å². The summed E-state index contributed by atoms with van der Waals surface area (Å²) in [6.45, 7) is 2.40. The van der Waals surface area contributed by atoms with Crippen molar-refractivity contribution in [1.29, 1.82) is 0 Å². The first-order chi connectivity index (χ1) is 9.79. The Morgan fingerprint density at radius 3 is 2.80 bits per heavy atom. The molecule has 2 aliphatic rings. The van der Waals surface area contributed by atoms with Crippen LogP contribution >= 0.6 is 0 Å². The number of hydrogen-bond donors (Lipinski definition) is 2. The molecule has 0 radical (unpaired) electrons. The molecule has 3 rings (SSSR count). The van der Waals surface area contributed by atoms with Gasteiger partial charge in [-0.1, -0.05) is 44.0 Å². The maximum absolute atomic E-state index is 5.90. The molecule has 1 aromatic rings. The molecule has 20 heavy (non-hydrogen) atoms. The van der Waals surface area contributed by atoms with Crippen LogP contribution in [-0.4, -0.2) is 6.04 Å². The number of nitrogens with one attached hydrogen (secondary N) is 1. The van der Waals surface area contributed by atoms with Gasteiger partial charge in [-0.15, -0.1) is 0 Å². The molecule has 1 fully saturated rings. The zero-order valence-corrected chi connectivity index (χ0v) is 12.6. The number of aryl methyl sites for hydroxylation is 1. The predicted octanol–water partition coefficient (Wildman–Crippen LogP) is 3.76. The van der Waals surface area contributed by atoms with Crippen molar-refractivity contribution in [3.63, 3.8) is 0 Å². The number of rotatable bonds is 4. The summed E-state index contributed by atoms with van der Waals surface area (Å²) < 4.78 is 0. The zero-order chi connectivity index (χ0) is 13.9. The van der Waals surface area contributed by atoms with Crippen molar-refractivity contribution in [3.8, 4) is 0 Å². The van der Waals surface area contributed by atoms with Crippen LogP contribution in [0.5, 0.6) is 0 Å². The van der Waals surface area contributed by atoms with E-state index in [4.69, 9.17) is 5.84 Å². The van der Waals surface area contributed by atoms with Crippen LogP contribution in [0.2, 0.25) is 0 Å². The Labute approximate surface area is 123 Å². The fraction of sp³-hybridized carbons (Fsp3) is 0.667. The van der Waals surface area contributed by atoms with E-state index in [2.05, 4.69) is 36.6 Å². The molecule has 0 saturated heterocycles. The predicted molar refractivity (Wildman–Crippen MR) is 84.4 cm³/mol. The monoisotopic (exact) mass is 272 g/mol. The van der Waals surface area contributed by atoms with Gasteiger partial charge in [-0.3, -0.25) is 11.3 Å². The highest BCUT2D eigenvalue weighted by Crippen LogP contribution is 2.40. The van der Waals surface area contributed by atoms with Gasteiger partial charge in [0.05, 0.1) is 0 Å². The summed E-state index contributed by atoms with van der Waals surface area (Å²) in [5, 5.41) is 0. The highest BCUT2D eigenvalue weighted by Gasteiger charge is 2.33. The molecule has 0 heterocycles. The van der Waals surface area contributed by atoms with E-state index >= 15 is 0 Å². The highest BCUT2D eigenvalue weighted by atomic mass is 15.2. The second kappa shape index (κ2) is 6.28. The Balaban J connectivity index is 1.73. The number of nitrogens with two attached hydrogens (primary N) is 1.